The van der Waals surface area contributed by atoms with Gasteiger partial charge in [-0.05, 0) is 19.4 Å². The smallest absolute Gasteiger partial charge is 0.305 e. The zero-order chi connectivity index (χ0) is 12.8. The second-order valence-electron chi connectivity index (χ2n) is 4.63. The van der Waals surface area contributed by atoms with Gasteiger partial charge in [0.1, 0.15) is 0 Å². The molecule has 1 aliphatic rings. The molecule has 1 amide bonds. The average Bonchev–Trinajstić information content (AvgIpc) is 2.71. The minimum atomic E-state index is -0.825. The van der Waals surface area contributed by atoms with E-state index >= 15 is 0 Å². The number of carbonyl (C=O) groups excluding carboxylic acids is 1. The molecule has 1 heterocycles. The number of amides is 1. The molecule has 0 aliphatic carbocycles. The molecular weight excluding hydrogens is 220 g/mol. The Morgan fingerprint density at radius 2 is 2.24 bits per heavy atom. The van der Waals surface area contributed by atoms with Gasteiger partial charge in [-0.3, -0.25) is 9.59 Å². The van der Waals surface area contributed by atoms with Crippen LogP contribution in [0.2, 0.25) is 0 Å². The van der Waals surface area contributed by atoms with Gasteiger partial charge in [-0.1, -0.05) is 13.8 Å². The molecule has 1 saturated heterocycles. The Balaban J connectivity index is 2.51. The molecule has 1 fully saturated rings. The van der Waals surface area contributed by atoms with E-state index in [1.54, 1.807) is 4.90 Å². The van der Waals surface area contributed by atoms with E-state index in [-0.39, 0.29) is 24.3 Å². The lowest BCUT2D eigenvalue weighted by atomic mass is 10.1. The average molecular weight is 242 g/mol. The van der Waals surface area contributed by atoms with E-state index in [9.17, 15) is 9.59 Å². The van der Waals surface area contributed by atoms with E-state index in [2.05, 4.69) is 5.32 Å². The van der Waals surface area contributed by atoms with Crippen molar-refractivity contribution in [3.05, 3.63) is 0 Å². The second-order valence-corrected chi connectivity index (χ2v) is 4.63. The number of likely N-dealkylation sites (tertiary alicyclic amines) is 1. The van der Waals surface area contributed by atoms with Crippen LogP contribution in [0, 0.1) is 5.92 Å². The Bertz CT molecular complexity index is 281. The van der Waals surface area contributed by atoms with Crippen LogP contribution in [0.5, 0.6) is 0 Å². The number of carboxylic acid groups (broad SMARTS) is 1. The third-order valence-electron chi connectivity index (χ3n) is 3.19. The van der Waals surface area contributed by atoms with Gasteiger partial charge in [0.15, 0.2) is 0 Å². The lowest BCUT2D eigenvalue weighted by Gasteiger charge is -2.26. The highest BCUT2D eigenvalue weighted by molar-refractivity contribution is 5.80. The van der Waals surface area contributed by atoms with E-state index in [0.717, 1.165) is 19.4 Å². The van der Waals surface area contributed by atoms with Crippen LogP contribution < -0.4 is 5.32 Å². The first-order valence-electron chi connectivity index (χ1n) is 6.29. The highest BCUT2D eigenvalue weighted by Gasteiger charge is 2.32. The molecule has 0 aromatic heterocycles. The summed E-state index contributed by atoms with van der Waals surface area (Å²) < 4.78 is 0. The summed E-state index contributed by atoms with van der Waals surface area (Å²) in [5.74, 6) is -0.826. The number of hydrogen-bond acceptors (Lipinski definition) is 3. The van der Waals surface area contributed by atoms with E-state index in [0.29, 0.717) is 13.1 Å². The Kier molecular flexibility index (Phi) is 5.41. The monoisotopic (exact) mass is 242 g/mol. The number of nitrogens with zero attached hydrogens (tertiary/aromatic N) is 1. The predicted octanol–water partition coefficient (Wildman–Crippen LogP) is 0.698. The normalized spacial score (nSPS) is 21.5. The first-order valence-corrected chi connectivity index (χ1v) is 6.29. The van der Waals surface area contributed by atoms with Crippen LogP contribution in [0.15, 0.2) is 0 Å². The molecule has 0 saturated carbocycles. The maximum absolute atomic E-state index is 12.1. The van der Waals surface area contributed by atoms with Crippen LogP contribution in [0.1, 0.15) is 33.1 Å². The molecule has 0 radical (unpaired) electrons. The molecular formula is C12H22N2O3. The minimum absolute atomic E-state index is 0.0691. The molecule has 98 valence electrons. The van der Waals surface area contributed by atoms with Crippen LogP contribution in [0.25, 0.3) is 0 Å². The Morgan fingerprint density at radius 1 is 1.53 bits per heavy atom. The van der Waals surface area contributed by atoms with Crippen molar-refractivity contribution in [2.45, 2.75) is 39.2 Å². The molecule has 5 heteroatoms. The van der Waals surface area contributed by atoms with Gasteiger partial charge in [-0.25, -0.2) is 0 Å². The van der Waals surface area contributed by atoms with E-state index in [1.807, 2.05) is 13.8 Å². The maximum Gasteiger partial charge on any atom is 0.305 e. The summed E-state index contributed by atoms with van der Waals surface area (Å²) in [6, 6.07) is -0.107. The molecule has 2 atom stereocenters. The number of hydrogen-bond donors (Lipinski definition) is 2. The van der Waals surface area contributed by atoms with Crippen molar-refractivity contribution >= 4 is 11.9 Å². The number of rotatable bonds is 6. The lowest BCUT2D eigenvalue weighted by molar-refractivity contribution is -0.141. The fraction of sp³-hybridized carbons (Fsp3) is 0.833. The van der Waals surface area contributed by atoms with Gasteiger partial charge >= 0.3 is 5.97 Å². The van der Waals surface area contributed by atoms with Gasteiger partial charge in [-0.2, -0.15) is 0 Å². The summed E-state index contributed by atoms with van der Waals surface area (Å²) in [5, 5.41) is 11.9. The summed E-state index contributed by atoms with van der Waals surface area (Å²) in [6.45, 7) is 6.09. The summed E-state index contributed by atoms with van der Waals surface area (Å²) in [4.78, 5) is 24.6. The topological polar surface area (TPSA) is 69.6 Å². The number of carboxylic acids is 1. The van der Waals surface area contributed by atoms with E-state index in [1.165, 1.54) is 0 Å². The van der Waals surface area contributed by atoms with Crippen molar-refractivity contribution in [2.24, 2.45) is 5.92 Å². The Morgan fingerprint density at radius 3 is 2.82 bits per heavy atom. The quantitative estimate of drug-likeness (QED) is 0.719. The van der Waals surface area contributed by atoms with Gasteiger partial charge < -0.3 is 15.3 Å². The Labute approximate surface area is 102 Å². The molecule has 2 unspecified atom stereocenters. The maximum atomic E-state index is 12.1. The molecule has 0 aromatic carbocycles. The molecule has 1 aliphatic heterocycles. The fourth-order valence-corrected chi connectivity index (χ4v) is 2.27. The van der Waals surface area contributed by atoms with Crippen molar-refractivity contribution in [1.82, 2.24) is 10.2 Å². The Hall–Kier alpha value is -1.10. The summed E-state index contributed by atoms with van der Waals surface area (Å²) in [5.41, 5.74) is 0. The number of carbonyl (C=O) groups is 2. The first kappa shape index (κ1) is 14.0. The van der Waals surface area contributed by atoms with Crippen LogP contribution in [-0.4, -0.2) is 47.6 Å². The van der Waals surface area contributed by atoms with E-state index < -0.39 is 5.97 Å². The number of nitrogens with one attached hydrogen (secondary N) is 1. The third-order valence-corrected chi connectivity index (χ3v) is 3.19. The van der Waals surface area contributed by atoms with Crippen molar-refractivity contribution in [2.75, 3.05) is 19.6 Å². The van der Waals surface area contributed by atoms with Crippen molar-refractivity contribution < 1.29 is 14.7 Å². The van der Waals surface area contributed by atoms with Gasteiger partial charge in [0.2, 0.25) is 5.91 Å². The molecule has 0 bridgehead atoms. The second kappa shape index (κ2) is 6.59. The summed E-state index contributed by atoms with van der Waals surface area (Å²) in [7, 11) is 0. The van der Waals surface area contributed by atoms with Gasteiger partial charge in [0, 0.05) is 25.0 Å². The lowest BCUT2D eigenvalue weighted by Crippen LogP contribution is -2.42. The highest BCUT2D eigenvalue weighted by Crippen LogP contribution is 2.22. The van der Waals surface area contributed by atoms with Crippen molar-refractivity contribution in [3.8, 4) is 0 Å². The van der Waals surface area contributed by atoms with Gasteiger partial charge in [0.05, 0.1) is 6.42 Å². The zero-order valence-electron chi connectivity index (χ0n) is 10.6. The standard InChI is InChI=1S/C12H22N2O3/c1-3-13-8-9(2)12(17)14-6-4-5-10(14)7-11(15)16/h9-10,13H,3-8H2,1-2H3,(H,15,16). The molecule has 1 rings (SSSR count). The number of aliphatic carboxylic acids is 1. The molecule has 2 N–H and O–H groups in total. The largest absolute Gasteiger partial charge is 0.481 e. The summed E-state index contributed by atoms with van der Waals surface area (Å²) >= 11 is 0. The SMILES string of the molecule is CCNCC(C)C(=O)N1CCCC1CC(=O)O. The van der Waals surface area contributed by atoms with Crippen LogP contribution in [0.4, 0.5) is 0 Å². The van der Waals surface area contributed by atoms with E-state index in [4.69, 9.17) is 5.11 Å². The summed E-state index contributed by atoms with van der Waals surface area (Å²) in [6.07, 6.45) is 1.79. The van der Waals surface area contributed by atoms with Gasteiger partial charge in [-0.15, -0.1) is 0 Å². The first-order chi connectivity index (χ1) is 8.06. The molecule has 5 nitrogen and oxygen atoms in total. The fourth-order valence-electron chi connectivity index (χ4n) is 2.27. The molecule has 0 spiro atoms. The minimum Gasteiger partial charge on any atom is -0.481 e. The zero-order valence-corrected chi connectivity index (χ0v) is 10.6. The third kappa shape index (κ3) is 4.00. The van der Waals surface area contributed by atoms with Crippen molar-refractivity contribution in [1.29, 1.82) is 0 Å². The van der Waals surface area contributed by atoms with Crippen LogP contribution >= 0.6 is 0 Å². The highest BCUT2D eigenvalue weighted by atomic mass is 16.4. The predicted molar refractivity (Wildman–Crippen MR) is 64.7 cm³/mol. The van der Waals surface area contributed by atoms with Crippen molar-refractivity contribution in [3.63, 3.8) is 0 Å². The van der Waals surface area contributed by atoms with Gasteiger partial charge in [0.25, 0.3) is 0 Å². The molecule has 17 heavy (non-hydrogen) atoms. The van der Waals surface area contributed by atoms with Crippen LogP contribution in [-0.2, 0) is 9.59 Å². The van der Waals surface area contributed by atoms with Crippen LogP contribution in [0.3, 0.4) is 0 Å². The molecule has 0 aromatic rings.